The highest BCUT2D eigenvalue weighted by Crippen LogP contribution is 2.14. The van der Waals surface area contributed by atoms with Gasteiger partial charge in [0.25, 0.3) is 0 Å². The first-order valence-corrected chi connectivity index (χ1v) is 32.9. The first kappa shape index (κ1) is 77.2. The molecule has 0 fully saturated rings. The fourth-order valence-corrected chi connectivity index (χ4v) is 8.27. The van der Waals surface area contributed by atoms with E-state index < -0.39 is 6.10 Å². The van der Waals surface area contributed by atoms with Crippen LogP contribution in [-0.4, -0.2) is 37.2 Å². The molecule has 0 aromatic rings. The average Bonchev–Trinajstić information content (AvgIpc) is 3.49. The van der Waals surface area contributed by atoms with E-state index in [0.29, 0.717) is 19.3 Å². The Kier molecular flexibility index (Phi) is 64.0. The number of carbonyl (C=O) groups is 3. The Labute approximate surface area is 509 Å². The highest BCUT2D eigenvalue weighted by atomic mass is 16.6. The van der Waals surface area contributed by atoms with Crippen molar-refractivity contribution in [3.8, 4) is 0 Å². The van der Waals surface area contributed by atoms with Gasteiger partial charge in [-0.3, -0.25) is 14.4 Å². The molecule has 462 valence electrons. The summed E-state index contributed by atoms with van der Waals surface area (Å²) in [4.78, 5) is 38.4. The van der Waals surface area contributed by atoms with Gasteiger partial charge in [0.15, 0.2) is 6.10 Å². The molecular weight excluding hydrogens is 1020 g/mol. The average molecular weight is 1140 g/mol. The maximum atomic E-state index is 12.9. The van der Waals surface area contributed by atoms with Crippen LogP contribution in [0.5, 0.6) is 0 Å². The quantitative estimate of drug-likeness (QED) is 0.0261. The molecule has 0 amide bonds. The van der Waals surface area contributed by atoms with Crippen LogP contribution in [0, 0.1) is 0 Å². The lowest BCUT2D eigenvalue weighted by atomic mass is 10.1. The van der Waals surface area contributed by atoms with Crippen LogP contribution in [0.3, 0.4) is 0 Å². The van der Waals surface area contributed by atoms with Crippen LogP contribution in [-0.2, 0) is 28.6 Å². The topological polar surface area (TPSA) is 78.9 Å². The van der Waals surface area contributed by atoms with E-state index in [1.54, 1.807) is 0 Å². The first-order chi connectivity index (χ1) is 41.0. The van der Waals surface area contributed by atoms with E-state index in [-0.39, 0.29) is 44.0 Å². The van der Waals surface area contributed by atoms with Gasteiger partial charge in [-0.25, -0.2) is 0 Å². The lowest BCUT2D eigenvalue weighted by Crippen LogP contribution is -2.30. The molecule has 0 aromatic heterocycles. The Morgan fingerprint density at radius 1 is 0.241 bits per heavy atom. The molecule has 0 aliphatic carbocycles. The summed E-state index contributed by atoms with van der Waals surface area (Å²) in [6, 6.07) is 0. The van der Waals surface area contributed by atoms with E-state index >= 15 is 0 Å². The van der Waals surface area contributed by atoms with Crippen molar-refractivity contribution in [3.05, 3.63) is 194 Å². The smallest absolute Gasteiger partial charge is 0.306 e. The van der Waals surface area contributed by atoms with Gasteiger partial charge in [0.1, 0.15) is 13.2 Å². The minimum Gasteiger partial charge on any atom is -0.462 e. The summed E-state index contributed by atoms with van der Waals surface area (Å²) in [5.41, 5.74) is 0. The van der Waals surface area contributed by atoms with Crippen LogP contribution in [0.1, 0.15) is 252 Å². The molecule has 6 nitrogen and oxygen atoms in total. The van der Waals surface area contributed by atoms with Gasteiger partial charge >= 0.3 is 17.9 Å². The van der Waals surface area contributed by atoms with Crippen molar-refractivity contribution in [2.45, 2.75) is 258 Å². The second-order valence-corrected chi connectivity index (χ2v) is 20.9. The van der Waals surface area contributed by atoms with Crippen molar-refractivity contribution < 1.29 is 28.6 Å². The third-order valence-corrected chi connectivity index (χ3v) is 13.1. The van der Waals surface area contributed by atoms with Crippen LogP contribution in [0.2, 0.25) is 0 Å². The normalized spacial score (nSPS) is 13.4. The molecule has 0 heterocycles. The standard InChI is InChI=1S/C77H118O6/c1-4-7-10-13-16-19-22-25-28-31-33-34-35-36-37-38-39-40-41-42-44-46-49-52-55-58-61-64-67-70-76(79)82-73-74(72-81-75(78)69-66-63-60-57-54-51-48-45-30-27-24-21-18-15-12-9-6-3)83-77(80)71-68-65-62-59-56-53-50-47-43-32-29-26-23-20-17-14-11-8-5-2/h7-12,16-21,25-30,33-34,36-37,39-40,43,47-48,51,53,56-57,60,74H,4-6,13-15,22-24,31-32,35,38,41-42,44-46,49-50,52,54-55,58-59,61-73H2,1-3H3/b10-7-,11-8-,12-9-,19-16-,20-17-,21-18-,28-25-,29-26-,30-27-,34-33-,37-36-,40-39-,47-43-,51-48-,56-53-,60-57-. The predicted octanol–water partition coefficient (Wildman–Crippen LogP) is 23.0. The molecule has 0 saturated heterocycles. The van der Waals surface area contributed by atoms with Gasteiger partial charge in [-0.15, -0.1) is 0 Å². The molecule has 0 aromatic carbocycles. The number of hydrogen-bond acceptors (Lipinski definition) is 6. The van der Waals surface area contributed by atoms with Gasteiger partial charge < -0.3 is 14.2 Å². The zero-order chi connectivity index (χ0) is 59.9. The zero-order valence-electron chi connectivity index (χ0n) is 52.9. The third kappa shape index (κ3) is 66.9. The van der Waals surface area contributed by atoms with Gasteiger partial charge in [0, 0.05) is 19.3 Å². The minimum atomic E-state index is -0.834. The van der Waals surface area contributed by atoms with Gasteiger partial charge in [-0.2, -0.15) is 0 Å². The van der Waals surface area contributed by atoms with Crippen LogP contribution in [0.25, 0.3) is 0 Å². The van der Waals surface area contributed by atoms with Gasteiger partial charge in [0.2, 0.25) is 0 Å². The Balaban J connectivity index is 4.49. The monoisotopic (exact) mass is 1140 g/mol. The third-order valence-electron chi connectivity index (χ3n) is 13.1. The molecule has 0 radical (unpaired) electrons. The van der Waals surface area contributed by atoms with Crippen LogP contribution < -0.4 is 0 Å². The van der Waals surface area contributed by atoms with Gasteiger partial charge in [0.05, 0.1) is 0 Å². The molecule has 1 atom stereocenters. The lowest BCUT2D eigenvalue weighted by molar-refractivity contribution is -0.167. The molecule has 0 saturated carbocycles. The van der Waals surface area contributed by atoms with Crippen molar-refractivity contribution in [1.82, 2.24) is 0 Å². The Morgan fingerprint density at radius 3 is 0.735 bits per heavy atom. The van der Waals surface area contributed by atoms with Gasteiger partial charge in [-0.1, -0.05) is 273 Å². The highest BCUT2D eigenvalue weighted by Gasteiger charge is 2.19. The minimum absolute atomic E-state index is 0.122. The summed E-state index contributed by atoms with van der Waals surface area (Å²) in [5, 5.41) is 0. The number of allylic oxidation sites excluding steroid dienone is 32. The van der Waals surface area contributed by atoms with Crippen molar-refractivity contribution in [3.63, 3.8) is 0 Å². The number of rotatable bonds is 57. The molecule has 6 heteroatoms. The van der Waals surface area contributed by atoms with E-state index in [1.807, 2.05) is 0 Å². The summed E-state index contributed by atoms with van der Waals surface area (Å²) in [7, 11) is 0. The number of unbranched alkanes of at least 4 members (excludes halogenated alkanes) is 14. The second-order valence-electron chi connectivity index (χ2n) is 20.9. The van der Waals surface area contributed by atoms with Crippen LogP contribution in [0.15, 0.2) is 194 Å². The fraction of sp³-hybridized carbons (Fsp3) is 0.545. The largest absolute Gasteiger partial charge is 0.462 e. The molecule has 0 aliphatic heterocycles. The number of carbonyl (C=O) groups excluding carboxylic acids is 3. The summed E-state index contributed by atoms with van der Waals surface area (Å²) in [6.07, 6.45) is 104. The first-order valence-electron chi connectivity index (χ1n) is 32.9. The number of ether oxygens (including phenoxy) is 3. The Bertz CT molecular complexity index is 1990. The molecule has 83 heavy (non-hydrogen) atoms. The van der Waals surface area contributed by atoms with Crippen LogP contribution >= 0.6 is 0 Å². The number of hydrogen-bond donors (Lipinski definition) is 0. The second kappa shape index (κ2) is 68.7. The van der Waals surface area contributed by atoms with Crippen molar-refractivity contribution in [2.75, 3.05) is 13.2 Å². The fourth-order valence-electron chi connectivity index (χ4n) is 8.27. The lowest BCUT2D eigenvalue weighted by Gasteiger charge is -2.18. The maximum absolute atomic E-state index is 12.9. The van der Waals surface area contributed by atoms with Crippen molar-refractivity contribution in [2.24, 2.45) is 0 Å². The summed E-state index contributed by atoms with van der Waals surface area (Å²) >= 11 is 0. The summed E-state index contributed by atoms with van der Waals surface area (Å²) < 4.78 is 16.9. The molecule has 1 unspecified atom stereocenters. The van der Waals surface area contributed by atoms with E-state index in [0.717, 1.165) is 154 Å². The van der Waals surface area contributed by atoms with E-state index in [4.69, 9.17) is 14.2 Å². The summed E-state index contributed by atoms with van der Waals surface area (Å²) in [6.45, 7) is 6.21. The molecule has 0 N–H and O–H groups in total. The van der Waals surface area contributed by atoms with E-state index in [1.165, 1.54) is 44.9 Å². The van der Waals surface area contributed by atoms with Gasteiger partial charge in [-0.05, 0) is 154 Å². The SMILES string of the molecule is CC/C=C\C/C=C\C/C=C\C/C=C\C/C=C\C/C=C\CCCCCCCCCCCCC(=O)OCC(COC(=O)CCC/C=C\C/C=C\C/C=C\C/C=C\C/C=C\CC)OC(=O)CCCCC/C=C\C/C=C\C/C=C\C/C=C\C/C=C\CC. The highest BCUT2D eigenvalue weighted by molar-refractivity contribution is 5.71. The maximum Gasteiger partial charge on any atom is 0.306 e. The van der Waals surface area contributed by atoms with Crippen molar-refractivity contribution in [1.29, 1.82) is 0 Å². The Morgan fingerprint density at radius 2 is 0.446 bits per heavy atom. The zero-order valence-corrected chi connectivity index (χ0v) is 52.9. The molecule has 0 rings (SSSR count). The molecular formula is C77H118O6. The van der Waals surface area contributed by atoms with E-state index in [2.05, 4.69) is 215 Å². The van der Waals surface area contributed by atoms with Crippen molar-refractivity contribution >= 4 is 17.9 Å². The Hall–Kier alpha value is -5.75. The number of esters is 3. The molecule has 0 bridgehead atoms. The molecule has 0 spiro atoms. The molecule has 0 aliphatic rings. The predicted molar refractivity (Wildman–Crippen MR) is 361 cm³/mol. The summed E-state index contributed by atoms with van der Waals surface area (Å²) in [5.74, 6) is -1.03. The van der Waals surface area contributed by atoms with Crippen LogP contribution in [0.4, 0.5) is 0 Å². The van der Waals surface area contributed by atoms with E-state index in [9.17, 15) is 14.4 Å².